The third-order valence-electron chi connectivity index (χ3n) is 4.23. The molecule has 2 aromatic carbocycles. The Kier molecular flexibility index (Phi) is 7.43. The molecule has 3 aromatic rings. The lowest BCUT2D eigenvalue weighted by atomic mass is 10.2. The molecule has 1 aromatic heterocycles. The molecular formula is C19H17Cl3N4O3S2. The van der Waals surface area contributed by atoms with Crippen molar-refractivity contribution < 1.29 is 13.2 Å². The highest BCUT2D eigenvalue weighted by atomic mass is 35.5. The SMILES string of the molecule is CC[C@H](C(=O)Nc1nnc(-c2ccc(Cl)cc2)s1)N(c1ccc(Cl)c(Cl)c1)S(C)(=O)=O. The number of anilines is 2. The molecule has 164 valence electrons. The average Bonchev–Trinajstić information content (AvgIpc) is 3.16. The minimum absolute atomic E-state index is 0.180. The fourth-order valence-electron chi connectivity index (χ4n) is 2.85. The Labute approximate surface area is 199 Å². The average molecular weight is 520 g/mol. The van der Waals surface area contributed by atoms with Gasteiger partial charge in [-0.25, -0.2) is 8.42 Å². The summed E-state index contributed by atoms with van der Waals surface area (Å²) in [4.78, 5) is 13.0. The highest BCUT2D eigenvalue weighted by Crippen LogP contribution is 2.31. The summed E-state index contributed by atoms with van der Waals surface area (Å²) in [5.41, 5.74) is 1.03. The first-order chi connectivity index (χ1) is 14.6. The molecular weight excluding hydrogens is 503 g/mol. The van der Waals surface area contributed by atoms with Crippen molar-refractivity contribution in [2.24, 2.45) is 0 Å². The second-order valence-corrected chi connectivity index (χ2v) is 10.6. The van der Waals surface area contributed by atoms with Crippen LogP contribution >= 0.6 is 46.1 Å². The number of amides is 1. The van der Waals surface area contributed by atoms with Crippen LogP contribution in [-0.2, 0) is 14.8 Å². The van der Waals surface area contributed by atoms with Gasteiger partial charge in [0.15, 0.2) is 0 Å². The van der Waals surface area contributed by atoms with Crippen LogP contribution in [-0.4, -0.2) is 36.8 Å². The van der Waals surface area contributed by atoms with Gasteiger partial charge < -0.3 is 0 Å². The van der Waals surface area contributed by atoms with Crippen molar-refractivity contribution in [2.45, 2.75) is 19.4 Å². The van der Waals surface area contributed by atoms with Gasteiger partial charge in [-0.1, -0.05) is 65.2 Å². The number of hydrogen-bond donors (Lipinski definition) is 1. The van der Waals surface area contributed by atoms with Gasteiger partial charge in [0.05, 0.1) is 22.0 Å². The predicted molar refractivity (Wildman–Crippen MR) is 127 cm³/mol. The molecule has 0 bridgehead atoms. The van der Waals surface area contributed by atoms with Crippen molar-refractivity contribution in [3.63, 3.8) is 0 Å². The molecule has 1 amide bonds. The van der Waals surface area contributed by atoms with Gasteiger partial charge >= 0.3 is 0 Å². The molecule has 0 aliphatic rings. The first-order valence-corrected chi connectivity index (χ1v) is 12.7. The zero-order valence-corrected chi connectivity index (χ0v) is 20.2. The first-order valence-electron chi connectivity index (χ1n) is 8.95. The maximum absolute atomic E-state index is 13.0. The Morgan fingerprint density at radius 3 is 2.35 bits per heavy atom. The highest BCUT2D eigenvalue weighted by molar-refractivity contribution is 7.92. The molecule has 3 rings (SSSR count). The van der Waals surface area contributed by atoms with E-state index < -0.39 is 22.0 Å². The third kappa shape index (κ3) is 5.67. The van der Waals surface area contributed by atoms with Crippen LogP contribution in [0, 0.1) is 0 Å². The van der Waals surface area contributed by atoms with Crippen LogP contribution in [0.3, 0.4) is 0 Å². The number of carbonyl (C=O) groups is 1. The molecule has 12 heteroatoms. The lowest BCUT2D eigenvalue weighted by Gasteiger charge is -2.30. The summed E-state index contributed by atoms with van der Waals surface area (Å²) in [6.07, 6.45) is 1.23. The van der Waals surface area contributed by atoms with Crippen molar-refractivity contribution in [2.75, 3.05) is 15.9 Å². The van der Waals surface area contributed by atoms with Gasteiger partial charge in [-0.05, 0) is 36.8 Å². The normalized spacial score (nSPS) is 12.4. The molecule has 0 radical (unpaired) electrons. The van der Waals surface area contributed by atoms with E-state index in [4.69, 9.17) is 34.8 Å². The standard InChI is InChI=1S/C19H17Cl3N4O3S2/c1-3-16(26(31(2,28)29)13-8-9-14(21)15(22)10-13)17(27)23-19-25-24-18(30-19)11-4-6-12(20)7-5-11/h4-10,16H,3H2,1-2H3,(H,23,25,27)/t16-/m1/s1. The Morgan fingerprint density at radius 2 is 1.77 bits per heavy atom. The van der Waals surface area contributed by atoms with Gasteiger partial charge in [0.25, 0.3) is 0 Å². The number of halogens is 3. The van der Waals surface area contributed by atoms with Crippen molar-refractivity contribution in [3.8, 4) is 10.6 Å². The lowest BCUT2D eigenvalue weighted by molar-refractivity contribution is -0.117. The topological polar surface area (TPSA) is 92.3 Å². The van der Waals surface area contributed by atoms with Crippen LogP contribution in [0.2, 0.25) is 15.1 Å². The van der Waals surface area contributed by atoms with Crippen LogP contribution in [0.5, 0.6) is 0 Å². The predicted octanol–water partition coefficient (Wildman–Crippen LogP) is 5.35. The largest absolute Gasteiger partial charge is 0.299 e. The number of benzene rings is 2. The smallest absolute Gasteiger partial charge is 0.250 e. The van der Waals surface area contributed by atoms with Gasteiger partial charge in [0, 0.05) is 10.6 Å². The Morgan fingerprint density at radius 1 is 1.10 bits per heavy atom. The second-order valence-electron chi connectivity index (χ2n) is 6.49. The number of aromatic nitrogens is 2. The van der Waals surface area contributed by atoms with Crippen molar-refractivity contribution in [1.29, 1.82) is 0 Å². The number of nitrogens with one attached hydrogen (secondary N) is 1. The summed E-state index contributed by atoms with van der Waals surface area (Å²) >= 11 is 19.1. The van der Waals surface area contributed by atoms with E-state index in [-0.39, 0.29) is 27.3 Å². The van der Waals surface area contributed by atoms with Crippen LogP contribution in [0.4, 0.5) is 10.8 Å². The molecule has 0 aliphatic carbocycles. The Hall–Kier alpha value is -1.91. The molecule has 7 nitrogen and oxygen atoms in total. The van der Waals surface area contributed by atoms with E-state index in [0.29, 0.717) is 10.0 Å². The van der Waals surface area contributed by atoms with E-state index in [2.05, 4.69) is 15.5 Å². The first kappa shape index (κ1) is 23.7. The second kappa shape index (κ2) is 9.70. The quantitative estimate of drug-likeness (QED) is 0.454. The number of hydrogen-bond acceptors (Lipinski definition) is 6. The van der Waals surface area contributed by atoms with Gasteiger partial charge in [0.1, 0.15) is 11.0 Å². The molecule has 0 spiro atoms. The number of carbonyl (C=O) groups excluding carboxylic acids is 1. The summed E-state index contributed by atoms with van der Waals surface area (Å²) in [5, 5.41) is 12.6. The summed E-state index contributed by atoms with van der Waals surface area (Å²) in [6.45, 7) is 1.71. The van der Waals surface area contributed by atoms with E-state index >= 15 is 0 Å². The van der Waals surface area contributed by atoms with E-state index in [1.54, 1.807) is 31.2 Å². The fourth-order valence-corrected chi connectivity index (χ4v) is 5.23. The molecule has 0 saturated carbocycles. The van der Waals surface area contributed by atoms with Crippen molar-refractivity contribution >= 4 is 72.9 Å². The summed E-state index contributed by atoms with van der Waals surface area (Å²) in [6, 6.07) is 10.4. The number of sulfonamides is 1. The zero-order chi connectivity index (χ0) is 22.8. The van der Waals surface area contributed by atoms with E-state index in [0.717, 1.165) is 27.5 Å². The van der Waals surface area contributed by atoms with Gasteiger partial charge in [-0.2, -0.15) is 0 Å². The van der Waals surface area contributed by atoms with E-state index in [1.807, 2.05) is 0 Å². The van der Waals surface area contributed by atoms with Crippen molar-refractivity contribution in [3.05, 3.63) is 57.5 Å². The number of nitrogens with zero attached hydrogens (tertiary/aromatic N) is 3. The molecule has 1 heterocycles. The van der Waals surface area contributed by atoms with Crippen LogP contribution < -0.4 is 9.62 Å². The van der Waals surface area contributed by atoms with Gasteiger partial charge in [0.2, 0.25) is 21.1 Å². The van der Waals surface area contributed by atoms with Crippen LogP contribution in [0.25, 0.3) is 10.6 Å². The third-order valence-corrected chi connectivity index (χ3v) is 7.29. The number of rotatable bonds is 7. The molecule has 1 atom stereocenters. The van der Waals surface area contributed by atoms with E-state index in [9.17, 15) is 13.2 Å². The van der Waals surface area contributed by atoms with Crippen LogP contribution in [0.1, 0.15) is 13.3 Å². The minimum atomic E-state index is -3.81. The molecule has 31 heavy (non-hydrogen) atoms. The highest BCUT2D eigenvalue weighted by Gasteiger charge is 2.32. The molecule has 0 fully saturated rings. The zero-order valence-electron chi connectivity index (χ0n) is 16.3. The summed E-state index contributed by atoms with van der Waals surface area (Å²) in [7, 11) is -3.81. The summed E-state index contributed by atoms with van der Waals surface area (Å²) < 4.78 is 26.1. The maximum atomic E-state index is 13.0. The fraction of sp³-hybridized carbons (Fsp3) is 0.211. The molecule has 1 N–H and O–H groups in total. The van der Waals surface area contributed by atoms with Crippen molar-refractivity contribution in [1.82, 2.24) is 10.2 Å². The van der Waals surface area contributed by atoms with E-state index in [1.165, 1.54) is 18.2 Å². The summed E-state index contributed by atoms with van der Waals surface area (Å²) in [5.74, 6) is -0.544. The Bertz CT molecular complexity index is 1200. The lowest BCUT2D eigenvalue weighted by Crippen LogP contribution is -2.47. The molecule has 0 unspecified atom stereocenters. The van der Waals surface area contributed by atoms with Gasteiger partial charge in [-0.3, -0.25) is 14.4 Å². The molecule has 0 aliphatic heterocycles. The maximum Gasteiger partial charge on any atom is 0.250 e. The van der Waals surface area contributed by atoms with Gasteiger partial charge in [-0.15, -0.1) is 10.2 Å². The minimum Gasteiger partial charge on any atom is -0.299 e. The Balaban J connectivity index is 1.87. The molecule has 0 saturated heterocycles. The van der Waals surface area contributed by atoms with Crippen LogP contribution in [0.15, 0.2) is 42.5 Å². The monoisotopic (exact) mass is 518 g/mol.